The lowest BCUT2D eigenvalue weighted by atomic mass is 9.87. The number of rotatable bonds is 4. The summed E-state index contributed by atoms with van der Waals surface area (Å²) in [5.74, 6) is 1.63. The Hall–Kier alpha value is -2.10. The van der Waals surface area contributed by atoms with E-state index in [1.807, 2.05) is 12.4 Å². The molecule has 2 fully saturated rings. The Morgan fingerprint density at radius 2 is 1.52 bits per heavy atom. The van der Waals surface area contributed by atoms with Gasteiger partial charge in [0.15, 0.2) is 0 Å². The number of hydrogen-bond acceptors (Lipinski definition) is 4. The van der Waals surface area contributed by atoms with Gasteiger partial charge in [-0.25, -0.2) is 9.97 Å². The van der Waals surface area contributed by atoms with Crippen LogP contribution in [0.15, 0.2) is 36.7 Å². The van der Waals surface area contributed by atoms with Crippen molar-refractivity contribution in [3.05, 3.63) is 36.7 Å². The first-order valence-corrected chi connectivity index (χ1v) is 9.72. The van der Waals surface area contributed by atoms with Crippen molar-refractivity contribution in [1.29, 1.82) is 0 Å². The quantitative estimate of drug-likeness (QED) is 0.876. The fraction of sp³-hybridized carbons (Fsp3) is 0.524. The summed E-state index contributed by atoms with van der Waals surface area (Å²) in [5.41, 5.74) is 3.59. The summed E-state index contributed by atoms with van der Waals surface area (Å²) in [4.78, 5) is 11.5. The maximum Gasteiger partial charge on any atom is 0.222 e. The van der Waals surface area contributed by atoms with E-state index in [0.717, 1.165) is 17.4 Å². The van der Waals surface area contributed by atoms with Crippen LogP contribution >= 0.6 is 0 Å². The molecule has 1 aromatic carbocycles. The summed E-state index contributed by atoms with van der Waals surface area (Å²) in [5, 5.41) is 3.50. The molecule has 25 heavy (non-hydrogen) atoms. The van der Waals surface area contributed by atoms with Crippen molar-refractivity contribution in [2.24, 2.45) is 5.92 Å². The minimum atomic E-state index is 0.529. The summed E-state index contributed by atoms with van der Waals surface area (Å²) in [7, 11) is 0. The summed E-state index contributed by atoms with van der Waals surface area (Å²) in [6, 6.07) is 9.33. The second-order valence-electron chi connectivity index (χ2n) is 7.64. The van der Waals surface area contributed by atoms with E-state index in [9.17, 15) is 0 Å². The molecule has 2 aromatic rings. The van der Waals surface area contributed by atoms with Crippen LogP contribution in [0.25, 0.3) is 11.1 Å². The molecule has 4 rings (SSSR count). The third-order valence-corrected chi connectivity index (χ3v) is 5.67. The number of nitrogens with zero attached hydrogens (tertiary/aromatic N) is 3. The highest BCUT2D eigenvalue weighted by Crippen LogP contribution is 2.27. The van der Waals surface area contributed by atoms with Gasteiger partial charge in [-0.1, -0.05) is 19.1 Å². The molecule has 4 heteroatoms. The van der Waals surface area contributed by atoms with Crippen molar-refractivity contribution < 1.29 is 0 Å². The Labute approximate surface area is 150 Å². The lowest BCUT2D eigenvalue weighted by molar-refractivity contribution is 0.360. The molecule has 1 aromatic heterocycles. The molecule has 0 spiro atoms. The van der Waals surface area contributed by atoms with Gasteiger partial charge in [0.05, 0.1) is 0 Å². The molecule has 4 nitrogen and oxygen atoms in total. The van der Waals surface area contributed by atoms with Crippen LogP contribution in [0, 0.1) is 5.92 Å². The molecule has 1 aliphatic carbocycles. The molecule has 0 radical (unpaired) electrons. The average Bonchev–Trinajstić information content (AvgIpc) is 3.19. The van der Waals surface area contributed by atoms with Crippen molar-refractivity contribution in [3.8, 4) is 11.1 Å². The van der Waals surface area contributed by atoms with E-state index in [0.29, 0.717) is 6.04 Å². The van der Waals surface area contributed by atoms with Gasteiger partial charge in [0.25, 0.3) is 0 Å². The van der Waals surface area contributed by atoms with E-state index in [1.54, 1.807) is 0 Å². The van der Waals surface area contributed by atoms with Crippen molar-refractivity contribution in [3.63, 3.8) is 0 Å². The molecule has 1 saturated heterocycles. The van der Waals surface area contributed by atoms with Gasteiger partial charge < -0.3 is 10.2 Å². The smallest absolute Gasteiger partial charge is 0.222 e. The average molecular weight is 336 g/mol. The minimum Gasteiger partial charge on any atom is -0.372 e. The number of hydrogen-bond donors (Lipinski definition) is 1. The normalized spacial score (nSPS) is 23.6. The molecule has 1 aliphatic heterocycles. The van der Waals surface area contributed by atoms with Crippen LogP contribution in [-0.4, -0.2) is 29.1 Å². The Morgan fingerprint density at radius 1 is 0.880 bits per heavy atom. The summed E-state index contributed by atoms with van der Waals surface area (Å²) in [6.07, 6.45) is 11.6. The predicted molar refractivity (Wildman–Crippen MR) is 104 cm³/mol. The molecule has 132 valence electrons. The summed E-state index contributed by atoms with van der Waals surface area (Å²) >= 11 is 0. The van der Waals surface area contributed by atoms with Crippen LogP contribution in [0.4, 0.5) is 11.6 Å². The van der Waals surface area contributed by atoms with Crippen LogP contribution < -0.4 is 10.2 Å². The van der Waals surface area contributed by atoms with Crippen LogP contribution in [0.5, 0.6) is 0 Å². The topological polar surface area (TPSA) is 41.1 Å². The first-order valence-electron chi connectivity index (χ1n) is 9.72. The Kier molecular flexibility index (Phi) is 4.86. The van der Waals surface area contributed by atoms with Gasteiger partial charge in [-0.05, 0) is 62.1 Å². The molecule has 1 N–H and O–H groups in total. The van der Waals surface area contributed by atoms with Gasteiger partial charge in [-0.15, -0.1) is 0 Å². The first-order chi connectivity index (χ1) is 12.3. The Balaban J connectivity index is 1.39. The Bertz CT molecular complexity index is 666. The highest BCUT2D eigenvalue weighted by atomic mass is 15.1. The van der Waals surface area contributed by atoms with Crippen molar-refractivity contribution in [1.82, 2.24) is 9.97 Å². The van der Waals surface area contributed by atoms with Gasteiger partial charge >= 0.3 is 0 Å². The van der Waals surface area contributed by atoms with Gasteiger partial charge in [0.2, 0.25) is 5.95 Å². The number of nitrogens with one attached hydrogen (secondary N) is 1. The third kappa shape index (κ3) is 3.94. The monoisotopic (exact) mass is 336 g/mol. The zero-order valence-corrected chi connectivity index (χ0v) is 15.1. The second-order valence-corrected chi connectivity index (χ2v) is 7.64. The van der Waals surface area contributed by atoms with E-state index < -0.39 is 0 Å². The SMILES string of the molecule is C[C@H]1CC[C@H](Nc2ncc(-c3ccc(N4CCCC4)cc3)cn2)CC1. The molecular formula is C21H28N4. The van der Waals surface area contributed by atoms with Gasteiger partial charge in [-0.2, -0.15) is 0 Å². The van der Waals surface area contributed by atoms with E-state index >= 15 is 0 Å². The predicted octanol–water partition coefficient (Wildman–Crippen LogP) is 4.73. The minimum absolute atomic E-state index is 0.529. The highest BCUT2D eigenvalue weighted by Gasteiger charge is 2.18. The van der Waals surface area contributed by atoms with Crippen molar-refractivity contribution >= 4 is 11.6 Å². The molecule has 0 amide bonds. The van der Waals surface area contributed by atoms with Crippen LogP contribution in [0.3, 0.4) is 0 Å². The number of benzene rings is 1. The van der Waals surface area contributed by atoms with Crippen LogP contribution in [0.2, 0.25) is 0 Å². The van der Waals surface area contributed by atoms with Crippen LogP contribution in [-0.2, 0) is 0 Å². The standard InChI is InChI=1S/C21H28N4/c1-16-4-8-19(9-5-16)24-21-22-14-18(15-23-21)17-6-10-20(11-7-17)25-12-2-3-13-25/h6-7,10-11,14-16,19H,2-5,8-9,12-13H2,1H3,(H,22,23,24)/t16-,19-. The van der Waals surface area contributed by atoms with E-state index in [2.05, 4.69) is 51.4 Å². The Morgan fingerprint density at radius 3 is 2.16 bits per heavy atom. The molecular weight excluding hydrogens is 308 g/mol. The van der Waals surface area contributed by atoms with Crippen LogP contribution in [0.1, 0.15) is 45.4 Å². The summed E-state index contributed by atoms with van der Waals surface area (Å²) in [6.45, 7) is 4.71. The van der Waals surface area contributed by atoms with Crippen molar-refractivity contribution in [2.45, 2.75) is 51.5 Å². The molecule has 2 heterocycles. The van der Waals surface area contributed by atoms with Gasteiger partial charge in [0, 0.05) is 42.8 Å². The largest absolute Gasteiger partial charge is 0.372 e. The highest BCUT2D eigenvalue weighted by molar-refractivity contribution is 5.65. The zero-order valence-electron chi connectivity index (χ0n) is 15.1. The van der Waals surface area contributed by atoms with E-state index in [4.69, 9.17) is 0 Å². The van der Waals surface area contributed by atoms with Crippen molar-refractivity contribution in [2.75, 3.05) is 23.3 Å². The fourth-order valence-electron chi connectivity index (χ4n) is 3.98. The molecule has 0 unspecified atom stereocenters. The molecule has 0 atom stereocenters. The van der Waals surface area contributed by atoms with E-state index in [-0.39, 0.29) is 0 Å². The lowest BCUT2D eigenvalue weighted by Gasteiger charge is -2.26. The molecule has 1 saturated carbocycles. The lowest BCUT2D eigenvalue weighted by Crippen LogP contribution is -2.26. The maximum absolute atomic E-state index is 4.54. The summed E-state index contributed by atoms with van der Waals surface area (Å²) < 4.78 is 0. The van der Waals surface area contributed by atoms with Gasteiger partial charge in [0.1, 0.15) is 0 Å². The van der Waals surface area contributed by atoms with Gasteiger partial charge in [-0.3, -0.25) is 0 Å². The van der Waals surface area contributed by atoms with E-state index in [1.165, 1.54) is 62.9 Å². The number of anilines is 2. The fourth-order valence-corrected chi connectivity index (χ4v) is 3.98. The zero-order chi connectivity index (χ0) is 17.1. The number of aromatic nitrogens is 2. The third-order valence-electron chi connectivity index (χ3n) is 5.67. The maximum atomic E-state index is 4.54. The second kappa shape index (κ2) is 7.42. The molecule has 0 bridgehead atoms. The first kappa shape index (κ1) is 16.4. The molecule has 2 aliphatic rings.